The minimum atomic E-state index is -0.504. The lowest BCUT2D eigenvalue weighted by molar-refractivity contribution is -0.119. The average Bonchev–Trinajstić information content (AvgIpc) is 2.95. The molecule has 1 aliphatic rings. The van der Waals surface area contributed by atoms with Crippen LogP contribution in [0.4, 0.5) is 5.69 Å². The molecule has 0 radical (unpaired) electrons. The van der Waals surface area contributed by atoms with Gasteiger partial charge in [0.05, 0.1) is 37.0 Å². The molecule has 0 unspecified atom stereocenters. The van der Waals surface area contributed by atoms with Gasteiger partial charge in [-0.1, -0.05) is 29.8 Å². The monoisotopic (exact) mass is 419 g/mol. The topological polar surface area (TPSA) is 76.1 Å². The second-order valence-electron chi connectivity index (χ2n) is 5.74. The third kappa shape index (κ3) is 3.61. The van der Waals surface area contributed by atoms with Crippen LogP contribution >= 0.6 is 23.4 Å². The van der Waals surface area contributed by atoms with E-state index < -0.39 is 11.8 Å². The number of nitrogens with zero attached hydrogens (tertiary/aromatic N) is 1. The zero-order valence-corrected chi connectivity index (χ0v) is 16.8. The lowest BCUT2D eigenvalue weighted by Crippen LogP contribution is -2.31. The number of carbonyl (C=O) groups is 2. The van der Waals surface area contributed by atoms with Crippen LogP contribution in [0.5, 0.6) is 11.5 Å². The molecule has 6 nitrogen and oxygen atoms in total. The van der Waals surface area contributed by atoms with Crippen molar-refractivity contribution < 1.29 is 24.2 Å². The van der Waals surface area contributed by atoms with Crippen LogP contribution in [0.1, 0.15) is 5.56 Å². The molecule has 28 heavy (non-hydrogen) atoms. The van der Waals surface area contributed by atoms with Crippen molar-refractivity contribution in [3.05, 3.63) is 58.0 Å². The zero-order valence-electron chi connectivity index (χ0n) is 15.3. The van der Waals surface area contributed by atoms with Gasteiger partial charge in [0, 0.05) is 16.3 Å². The molecule has 0 fully saturated rings. The summed E-state index contributed by atoms with van der Waals surface area (Å²) in [6, 6.07) is 11.7. The van der Waals surface area contributed by atoms with Crippen molar-refractivity contribution in [3.8, 4) is 11.5 Å². The maximum absolute atomic E-state index is 13.4. The lowest BCUT2D eigenvalue weighted by atomic mass is 10.0. The molecule has 0 aliphatic carbocycles. The summed E-state index contributed by atoms with van der Waals surface area (Å²) in [4.78, 5) is 27.8. The zero-order chi connectivity index (χ0) is 20.3. The van der Waals surface area contributed by atoms with Gasteiger partial charge in [-0.3, -0.25) is 9.59 Å². The van der Waals surface area contributed by atoms with Crippen molar-refractivity contribution in [3.63, 3.8) is 0 Å². The van der Waals surface area contributed by atoms with Crippen LogP contribution in [0.25, 0.3) is 5.57 Å². The highest BCUT2D eigenvalue weighted by Crippen LogP contribution is 2.43. The van der Waals surface area contributed by atoms with Crippen LogP contribution in [0.3, 0.4) is 0 Å². The molecule has 3 rings (SSSR count). The third-order valence-corrected chi connectivity index (χ3v) is 5.43. The highest BCUT2D eigenvalue weighted by molar-refractivity contribution is 8.04. The van der Waals surface area contributed by atoms with Crippen molar-refractivity contribution in [1.29, 1.82) is 0 Å². The van der Waals surface area contributed by atoms with E-state index in [1.54, 1.807) is 36.4 Å². The first-order valence-electron chi connectivity index (χ1n) is 8.37. The van der Waals surface area contributed by atoms with Crippen LogP contribution in [-0.4, -0.2) is 43.5 Å². The van der Waals surface area contributed by atoms with Crippen LogP contribution in [0, 0.1) is 0 Å². The van der Waals surface area contributed by atoms with Crippen LogP contribution < -0.4 is 14.4 Å². The minimum absolute atomic E-state index is 0.130. The number of para-hydroxylation sites is 1. The number of aliphatic hydroxyl groups excluding tert-OH is 1. The number of halogens is 1. The van der Waals surface area contributed by atoms with E-state index in [1.165, 1.54) is 20.3 Å². The first-order chi connectivity index (χ1) is 13.5. The predicted molar refractivity (Wildman–Crippen MR) is 110 cm³/mol. The molecule has 2 aromatic rings. The fraction of sp³-hybridized carbons (Fsp3) is 0.200. The largest absolute Gasteiger partial charge is 0.496 e. The fourth-order valence-electron chi connectivity index (χ4n) is 2.94. The molecule has 1 heterocycles. The van der Waals surface area contributed by atoms with Crippen LogP contribution in [0.15, 0.2) is 47.4 Å². The molecule has 1 aliphatic heterocycles. The quantitative estimate of drug-likeness (QED) is 0.693. The molecule has 0 saturated heterocycles. The number of benzene rings is 2. The Morgan fingerprint density at radius 1 is 1.04 bits per heavy atom. The summed E-state index contributed by atoms with van der Waals surface area (Å²) in [5, 5.41) is 9.59. The van der Waals surface area contributed by atoms with Crippen LogP contribution in [-0.2, 0) is 9.59 Å². The van der Waals surface area contributed by atoms with E-state index in [4.69, 9.17) is 21.1 Å². The summed E-state index contributed by atoms with van der Waals surface area (Å²) >= 11 is 7.21. The molecule has 1 N–H and O–H groups in total. The normalized spacial score (nSPS) is 14.1. The summed E-state index contributed by atoms with van der Waals surface area (Å²) in [5.74, 6) is 0.0908. The van der Waals surface area contributed by atoms with E-state index in [1.807, 2.05) is 0 Å². The van der Waals surface area contributed by atoms with Crippen molar-refractivity contribution in [2.45, 2.75) is 0 Å². The SMILES string of the molecule is COc1ccccc1C1=C(SCCO)C(=O)N(c2cc(Cl)ccc2OC)C1=O. The van der Waals surface area contributed by atoms with Crippen molar-refractivity contribution >= 4 is 46.4 Å². The predicted octanol–water partition coefficient (Wildman–Crippen LogP) is 3.37. The van der Waals surface area contributed by atoms with E-state index in [2.05, 4.69) is 0 Å². The minimum Gasteiger partial charge on any atom is -0.496 e. The van der Waals surface area contributed by atoms with E-state index in [-0.39, 0.29) is 28.5 Å². The van der Waals surface area contributed by atoms with Crippen molar-refractivity contribution in [2.75, 3.05) is 31.5 Å². The molecule has 0 saturated carbocycles. The summed E-state index contributed by atoms with van der Waals surface area (Å²) < 4.78 is 10.7. The number of ether oxygens (including phenoxy) is 2. The second-order valence-corrected chi connectivity index (χ2v) is 7.28. The Balaban J connectivity index is 2.17. The number of thioether (sulfide) groups is 1. The van der Waals surface area contributed by atoms with Gasteiger partial charge in [0.1, 0.15) is 11.5 Å². The molecular formula is C20H18ClNO5S. The van der Waals surface area contributed by atoms with E-state index in [9.17, 15) is 14.7 Å². The number of methoxy groups -OCH3 is 2. The standard InChI is InChI=1S/C20H18ClNO5S/c1-26-15-6-4-3-5-13(15)17-18(28-10-9-23)20(25)22(19(17)24)14-11-12(21)7-8-16(14)27-2/h3-8,11,23H,9-10H2,1-2H3. The summed E-state index contributed by atoms with van der Waals surface area (Å²) in [5.41, 5.74) is 0.993. The number of amides is 2. The maximum atomic E-state index is 13.4. The number of hydrogen-bond acceptors (Lipinski definition) is 6. The number of anilines is 1. The van der Waals surface area contributed by atoms with E-state index in [0.717, 1.165) is 16.7 Å². The summed E-state index contributed by atoms with van der Waals surface area (Å²) in [7, 11) is 2.95. The first-order valence-corrected chi connectivity index (χ1v) is 9.73. The highest BCUT2D eigenvalue weighted by Gasteiger charge is 2.42. The molecule has 0 aromatic heterocycles. The molecule has 0 spiro atoms. The Kier molecular flexibility index (Phi) is 6.28. The van der Waals surface area contributed by atoms with Crippen molar-refractivity contribution in [2.24, 2.45) is 0 Å². The average molecular weight is 420 g/mol. The lowest BCUT2D eigenvalue weighted by Gasteiger charge is -2.18. The second kappa shape index (κ2) is 8.68. The van der Waals surface area contributed by atoms with Gasteiger partial charge in [-0.15, -0.1) is 11.8 Å². The van der Waals surface area contributed by atoms with Gasteiger partial charge in [-0.05, 0) is 24.3 Å². The Morgan fingerprint density at radius 2 is 1.75 bits per heavy atom. The molecular weight excluding hydrogens is 402 g/mol. The van der Waals surface area contributed by atoms with Crippen molar-refractivity contribution in [1.82, 2.24) is 0 Å². The van der Waals surface area contributed by atoms with Crippen LogP contribution in [0.2, 0.25) is 5.02 Å². The summed E-state index contributed by atoms with van der Waals surface area (Å²) in [6.07, 6.45) is 0. The number of hydrogen-bond donors (Lipinski definition) is 1. The number of aliphatic hydroxyl groups is 1. The third-order valence-electron chi connectivity index (χ3n) is 4.14. The fourth-order valence-corrected chi connectivity index (χ4v) is 3.95. The molecule has 2 aromatic carbocycles. The molecule has 8 heteroatoms. The molecule has 0 bridgehead atoms. The Hall–Kier alpha value is -2.48. The van der Waals surface area contributed by atoms with Gasteiger partial charge in [0.2, 0.25) is 0 Å². The van der Waals surface area contributed by atoms with Gasteiger partial charge in [-0.25, -0.2) is 4.90 Å². The van der Waals surface area contributed by atoms with E-state index in [0.29, 0.717) is 22.1 Å². The van der Waals surface area contributed by atoms with E-state index >= 15 is 0 Å². The smallest absolute Gasteiger partial charge is 0.272 e. The molecule has 2 amide bonds. The number of rotatable bonds is 7. The number of carbonyl (C=O) groups excluding carboxylic acids is 2. The van der Waals surface area contributed by atoms with Gasteiger partial charge in [-0.2, -0.15) is 0 Å². The molecule has 146 valence electrons. The maximum Gasteiger partial charge on any atom is 0.272 e. The van der Waals surface area contributed by atoms with Gasteiger partial charge >= 0.3 is 0 Å². The summed E-state index contributed by atoms with van der Waals surface area (Å²) in [6.45, 7) is -0.130. The van der Waals surface area contributed by atoms with Gasteiger partial charge in [0.15, 0.2) is 0 Å². The molecule has 0 atom stereocenters. The highest BCUT2D eigenvalue weighted by atomic mass is 35.5. The number of imide groups is 1. The Morgan fingerprint density at radius 3 is 2.43 bits per heavy atom. The Bertz CT molecular complexity index is 959. The van der Waals surface area contributed by atoms with Gasteiger partial charge < -0.3 is 14.6 Å². The Labute approximate surface area is 171 Å². The first kappa shape index (κ1) is 20.3. The van der Waals surface area contributed by atoms with Gasteiger partial charge in [0.25, 0.3) is 11.8 Å².